The molecule has 5 heterocycles. The Labute approximate surface area is 418 Å². The molecule has 5 amide bonds. The molecule has 3 aromatic heterocycles. The van der Waals surface area contributed by atoms with Crippen LogP contribution in [0.25, 0.3) is 33.4 Å². The van der Waals surface area contributed by atoms with Crippen LogP contribution in [0, 0.1) is 11.3 Å². The summed E-state index contributed by atoms with van der Waals surface area (Å²) in [6.07, 6.45) is 4.99. The Morgan fingerprint density at radius 2 is 1.88 bits per heavy atom. The summed E-state index contributed by atoms with van der Waals surface area (Å²) in [6.45, 7) is 16.6. The van der Waals surface area contributed by atoms with E-state index in [-0.39, 0.29) is 43.5 Å². The standard InChI is InChI=1S/C50H66N9O7S2Si/c1-12-40(60)57(10)49(67)24-32(25-49)55(8)47(64)56(9)42(29(3)4)44(61)53-36-23-39-52-37(27-68-39)31-17-18-38-34(22-31)35(43(58(38)13-2)33-16-14-20-51-41(33)30(5)65-11)26-48(6,7)28-66-46(63)50(69)19-15-21-59(54-50)45(36)62/h12,14,16-18,20,22,27,29-30,32,36,42,54,67H,1,13,15,19,21,23-26,28H2,2-11H3,(H,53,61)/t30-,32?,36-,42-,49?,50-/m0/s1. The number of esters is 1. The summed E-state index contributed by atoms with van der Waals surface area (Å²) in [7, 11) is 10.3. The predicted molar refractivity (Wildman–Crippen MR) is 271 cm³/mol. The molecule has 4 aromatic rings. The maximum Gasteiger partial charge on any atom is 0.323 e. The first kappa shape index (κ1) is 51.8. The fourth-order valence-corrected chi connectivity index (χ4v) is 11.7. The molecule has 0 unspecified atom stereocenters. The van der Waals surface area contributed by atoms with Gasteiger partial charge in [-0.25, -0.2) is 15.2 Å². The molecule has 19 heteroatoms. The van der Waals surface area contributed by atoms with Crippen LogP contribution in [0.2, 0.25) is 0 Å². The first-order valence-corrected chi connectivity index (χ1v) is 25.4. The van der Waals surface area contributed by atoms with Crippen molar-refractivity contribution in [3.05, 3.63) is 70.8 Å². The highest BCUT2D eigenvalue weighted by molar-refractivity contribution is 7.81. The molecular weight excluding hydrogens is 931 g/mol. The number of carbonyl (C=O) groups is 5. The van der Waals surface area contributed by atoms with Gasteiger partial charge in [0.05, 0.1) is 49.9 Å². The number of hydrazine groups is 1. The summed E-state index contributed by atoms with van der Waals surface area (Å²) >= 11 is 6.15. The van der Waals surface area contributed by atoms with Gasteiger partial charge in [-0.3, -0.25) is 29.2 Å². The second-order valence-corrected chi connectivity index (χ2v) is 22.5. The van der Waals surface area contributed by atoms with Crippen LogP contribution in [0.5, 0.6) is 0 Å². The number of carbonyl (C=O) groups excluding carboxylic acids is 5. The molecule has 1 saturated carbocycles. The molecule has 6 bridgehead atoms. The molecule has 1 aliphatic carbocycles. The smallest absolute Gasteiger partial charge is 0.323 e. The maximum atomic E-state index is 14.8. The molecule has 3 radical (unpaired) electrons. The predicted octanol–water partition coefficient (Wildman–Crippen LogP) is 6.14. The van der Waals surface area contributed by atoms with E-state index in [0.717, 1.165) is 44.7 Å². The lowest BCUT2D eigenvalue weighted by atomic mass is 9.83. The number of ether oxygens (including phenoxy) is 2. The van der Waals surface area contributed by atoms with Crippen molar-refractivity contribution in [2.24, 2.45) is 11.3 Å². The minimum Gasteiger partial charge on any atom is -0.464 e. The number of aryl methyl sites for hydroxylation is 1. The number of methoxy groups -OCH3 is 1. The van der Waals surface area contributed by atoms with Gasteiger partial charge in [0.2, 0.25) is 11.8 Å². The molecule has 69 heavy (non-hydrogen) atoms. The zero-order valence-electron chi connectivity index (χ0n) is 41.4. The van der Waals surface area contributed by atoms with Crippen LogP contribution < -0.4 is 10.7 Å². The Morgan fingerprint density at radius 3 is 2.55 bits per heavy atom. The molecular formula is C50H66N9O7S2Si. The molecule has 1 aromatic carbocycles. The molecule has 0 spiro atoms. The Hall–Kier alpha value is -5.08. The molecule has 369 valence electrons. The number of thiol groups is 1. The Bertz CT molecular complexity index is 2630. The maximum absolute atomic E-state index is 14.8. The molecule has 4 atom stereocenters. The number of nitrogens with zero attached hydrogens (tertiary/aromatic N) is 7. The topological polar surface area (TPSA) is 172 Å². The summed E-state index contributed by atoms with van der Waals surface area (Å²) in [6, 6.07) is 7.63. The van der Waals surface area contributed by atoms with Gasteiger partial charge < -0.3 is 34.1 Å². The zero-order valence-corrected chi connectivity index (χ0v) is 44.1. The van der Waals surface area contributed by atoms with Crippen molar-refractivity contribution in [1.29, 1.82) is 0 Å². The first-order chi connectivity index (χ1) is 32.6. The van der Waals surface area contributed by atoms with Gasteiger partial charge in [-0.1, -0.05) is 40.3 Å². The van der Waals surface area contributed by atoms with Crippen LogP contribution in [-0.4, -0.2) is 144 Å². The Kier molecular flexibility index (Phi) is 15.3. The van der Waals surface area contributed by atoms with E-state index in [9.17, 15) is 24.0 Å². The Balaban J connectivity index is 1.25. The van der Waals surface area contributed by atoms with Crippen LogP contribution in [-0.2, 0) is 48.0 Å². The van der Waals surface area contributed by atoms with Crippen molar-refractivity contribution in [3.63, 3.8) is 0 Å². The summed E-state index contributed by atoms with van der Waals surface area (Å²) in [5.41, 5.74) is 9.09. The van der Waals surface area contributed by atoms with E-state index in [4.69, 9.17) is 32.1 Å². The van der Waals surface area contributed by atoms with Crippen molar-refractivity contribution in [2.45, 2.75) is 121 Å². The van der Waals surface area contributed by atoms with E-state index in [1.807, 2.05) is 32.2 Å². The van der Waals surface area contributed by atoms with Gasteiger partial charge in [-0.2, -0.15) is 12.6 Å². The fraction of sp³-hybridized carbons (Fsp3) is 0.540. The number of aromatic nitrogens is 3. The van der Waals surface area contributed by atoms with Gasteiger partial charge in [0.1, 0.15) is 17.2 Å². The summed E-state index contributed by atoms with van der Waals surface area (Å²) in [4.78, 5) is 83.7. The number of fused-ring (bicyclic) bond motifs is 6. The number of pyridine rings is 1. The SMILES string of the molecule is C=CC(=O)N(C)C1(S)CC(N(C)C(=O)N(C)[C@H](C(=O)N[C@H]2Cc3nc(cs3)-c3ccc4c(c3)c(c(-c3cccnc3[C@H](C)OC)n4CC)CC(C)(C)COC(=O)[C@@]3([Si])CCCN(N3)C2=O)C(C)C)C1. The Morgan fingerprint density at radius 1 is 1.16 bits per heavy atom. The van der Waals surface area contributed by atoms with E-state index < -0.39 is 51.3 Å². The van der Waals surface area contributed by atoms with E-state index in [0.29, 0.717) is 43.7 Å². The lowest BCUT2D eigenvalue weighted by Crippen LogP contribution is -2.68. The average molecular weight is 997 g/mol. The summed E-state index contributed by atoms with van der Waals surface area (Å²) < 4.78 is 14.3. The largest absolute Gasteiger partial charge is 0.464 e. The number of rotatable bonds is 11. The lowest BCUT2D eigenvalue weighted by Gasteiger charge is -2.52. The first-order valence-electron chi connectivity index (χ1n) is 23.6. The van der Waals surface area contributed by atoms with Crippen molar-refractivity contribution in [2.75, 3.05) is 41.4 Å². The second kappa shape index (κ2) is 20.3. The molecule has 2 fully saturated rings. The van der Waals surface area contributed by atoms with Crippen LogP contribution in [0.1, 0.15) is 89.6 Å². The average Bonchev–Trinajstić information content (AvgIpc) is 3.91. The molecule has 2 N–H and O–H groups in total. The quantitative estimate of drug-likeness (QED) is 0.0522. The van der Waals surface area contributed by atoms with Gasteiger partial charge in [-0.05, 0) is 74.9 Å². The third-order valence-electron chi connectivity index (χ3n) is 14.0. The van der Waals surface area contributed by atoms with Crippen molar-refractivity contribution >= 4 is 74.8 Å². The van der Waals surface area contributed by atoms with E-state index in [1.165, 1.54) is 32.2 Å². The van der Waals surface area contributed by atoms with E-state index in [1.54, 1.807) is 39.3 Å². The van der Waals surface area contributed by atoms with E-state index in [2.05, 4.69) is 77.2 Å². The number of thiazole rings is 1. The molecule has 3 aliphatic rings. The number of hydrogen-bond donors (Lipinski definition) is 3. The fourth-order valence-electron chi connectivity index (χ4n) is 9.91. The number of nitrogens with one attached hydrogen (secondary N) is 2. The molecule has 1 saturated heterocycles. The van der Waals surface area contributed by atoms with Crippen LogP contribution in [0.15, 0.2) is 54.6 Å². The van der Waals surface area contributed by atoms with Crippen LogP contribution in [0.3, 0.4) is 0 Å². The number of benzene rings is 1. The van der Waals surface area contributed by atoms with E-state index >= 15 is 0 Å². The number of urea groups is 1. The van der Waals surface area contributed by atoms with Gasteiger partial charge >= 0.3 is 12.0 Å². The third-order valence-corrected chi connectivity index (χ3v) is 16.1. The van der Waals surface area contributed by atoms with Crippen molar-refractivity contribution in [3.8, 4) is 22.5 Å². The second-order valence-electron chi connectivity index (χ2n) is 19.9. The molecule has 16 nitrogen and oxygen atoms in total. The zero-order chi connectivity index (χ0) is 50.3. The number of hydrogen-bond acceptors (Lipinski definition) is 12. The van der Waals surface area contributed by atoms with Crippen LogP contribution in [0.4, 0.5) is 4.79 Å². The summed E-state index contributed by atoms with van der Waals surface area (Å²) in [5, 5.41) is 6.57. The minimum atomic E-state index is -1.44. The molecule has 2 aliphatic heterocycles. The number of cyclic esters (lactones) is 1. The van der Waals surface area contributed by atoms with Gasteiger partial charge in [0, 0.05) is 106 Å². The van der Waals surface area contributed by atoms with Crippen molar-refractivity contribution in [1.82, 2.24) is 45.0 Å². The monoisotopic (exact) mass is 996 g/mol. The minimum absolute atomic E-state index is 0.0392. The highest BCUT2D eigenvalue weighted by Gasteiger charge is 2.50. The molecule has 7 rings (SSSR count). The van der Waals surface area contributed by atoms with Crippen molar-refractivity contribution < 1.29 is 33.4 Å². The highest BCUT2D eigenvalue weighted by atomic mass is 32.1. The third kappa shape index (κ3) is 10.3. The summed E-state index contributed by atoms with van der Waals surface area (Å²) in [5.74, 6) is -2.18. The number of likely N-dealkylation sites (N-methyl/N-ethyl adjacent to an activating group) is 2. The van der Waals surface area contributed by atoms with Gasteiger partial charge in [-0.15, -0.1) is 11.3 Å². The van der Waals surface area contributed by atoms with Gasteiger partial charge in [0.25, 0.3) is 5.91 Å². The van der Waals surface area contributed by atoms with Crippen LogP contribution >= 0.6 is 24.0 Å². The highest BCUT2D eigenvalue weighted by Crippen LogP contribution is 2.44. The van der Waals surface area contributed by atoms with Gasteiger partial charge in [0.15, 0.2) is 0 Å². The number of amides is 5. The normalized spacial score (nSPS) is 23.6. The lowest BCUT2D eigenvalue weighted by molar-refractivity contribution is -0.158.